The van der Waals surface area contributed by atoms with Crippen molar-refractivity contribution in [3.63, 3.8) is 0 Å². The van der Waals surface area contributed by atoms with Crippen molar-refractivity contribution in [1.29, 1.82) is 0 Å². The van der Waals surface area contributed by atoms with Crippen LogP contribution in [0.1, 0.15) is 38.2 Å². The number of ether oxygens (including phenoxy) is 1. The van der Waals surface area contributed by atoms with Crippen LogP contribution in [0.4, 0.5) is 0 Å². The average Bonchev–Trinajstić information content (AvgIpc) is 2.54. The summed E-state index contributed by atoms with van der Waals surface area (Å²) < 4.78 is 5.21. The van der Waals surface area contributed by atoms with Crippen LogP contribution in [0.2, 0.25) is 0 Å². The van der Waals surface area contributed by atoms with E-state index in [2.05, 4.69) is 45.8 Å². The van der Waals surface area contributed by atoms with Crippen LogP contribution in [-0.4, -0.2) is 36.5 Å². The third-order valence-corrected chi connectivity index (χ3v) is 4.50. The molecule has 0 unspecified atom stereocenters. The Kier molecular flexibility index (Phi) is 10.0. The monoisotopic (exact) mass is 365 g/mol. The van der Waals surface area contributed by atoms with E-state index in [0.717, 1.165) is 30.6 Å². The molecular weight excluding hydrogens is 338 g/mol. The van der Waals surface area contributed by atoms with Crippen LogP contribution in [-0.2, 0) is 6.42 Å². The number of rotatable bonds is 11. The van der Waals surface area contributed by atoms with Gasteiger partial charge >= 0.3 is 0 Å². The van der Waals surface area contributed by atoms with E-state index in [4.69, 9.17) is 11.2 Å². The Morgan fingerprint density at radius 3 is 2.45 bits per heavy atom. The highest BCUT2D eigenvalue weighted by molar-refractivity contribution is 9.09. The van der Waals surface area contributed by atoms with E-state index in [1.165, 1.54) is 31.2 Å². The third kappa shape index (κ3) is 7.33. The van der Waals surface area contributed by atoms with Crippen molar-refractivity contribution in [3.8, 4) is 18.1 Å². The second-order valence-corrected chi connectivity index (χ2v) is 6.47. The van der Waals surface area contributed by atoms with Crippen LogP contribution in [0.3, 0.4) is 0 Å². The molecule has 0 amide bonds. The first-order valence-corrected chi connectivity index (χ1v) is 9.19. The maximum absolute atomic E-state index is 5.54. The molecule has 1 aromatic carbocycles. The minimum atomic E-state index is 0.459. The summed E-state index contributed by atoms with van der Waals surface area (Å²) in [6.07, 6.45) is 11.6. The Bertz CT molecular complexity index is 438. The largest absolute Gasteiger partial charge is 0.497 e. The Labute approximate surface area is 144 Å². The Balaban J connectivity index is 2.45. The second kappa shape index (κ2) is 11.6. The van der Waals surface area contributed by atoms with E-state index in [0.29, 0.717) is 6.04 Å². The van der Waals surface area contributed by atoms with Crippen LogP contribution < -0.4 is 4.74 Å². The molecule has 0 radical (unpaired) electrons. The second-order valence-electron chi connectivity index (χ2n) is 5.68. The van der Waals surface area contributed by atoms with Crippen LogP contribution in [0.25, 0.3) is 0 Å². The fourth-order valence-corrected chi connectivity index (χ4v) is 2.96. The van der Waals surface area contributed by atoms with Gasteiger partial charge in [0.1, 0.15) is 5.75 Å². The molecule has 2 nitrogen and oxygen atoms in total. The number of hydrogen-bond donors (Lipinski definition) is 0. The van der Waals surface area contributed by atoms with E-state index >= 15 is 0 Å². The van der Waals surface area contributed by atoms with Crippen molar-refractivity contribution in [2.45, 2.75) is 45.1 Å². The van der Waals surface area contributed by atoms with Crippen LogP contribution >= 0.6 is 15.9 Å². The lowest BCUT2D eigenvalue weighted by molar-refractivity contribution is 0.228. The normalized spacial score (nSPS) is 12.1. The van der Waals surface area contributed by atoms with Gasteiger partial charge in [-0.2, -0.15) is 0 Å². The summed E-state index contributed by atoms with van der Waals surface area (Å²) >= 11 is 3.48. The smallest absolute Gasteiger partial charge is 0.118 e. The molecule has 1 rings (SSSR count). The first kappa shape index (κ1) is 19.1. The highest BCUT2D eigenvalue weighted by atomic mass is 79.9. The molecule has 0 fully saturated rings. The van der Waals surface area contributed by atoms with Gasteiger partial charge in [-0.25, -0.2) is 0 Å². The van der Waals surface area contributed by atoms with E-state index in [-0.39, 0.29) is 0 Å². The molecule has 0 saturated heterocycles. The molecule has 0 aliphatic rings. The lowest BCUT2D eigenvalue weighted by Gasteiger charge is -2.27. The molecule has 0 bridgehead atoms. The van der Waals surface area contributed by atoms with Crippen molar-refractivity contribution >= 4 is 15.9 Å². The van der Waals surface area contributed by atoms with Gasteiger partial charge in [-0.15, -0.1) is 6.42 Å². The molecule has 0 spiro atoms. The molecule has 1 aromatic rings. The molecule has 1 atom stereocenters. The van der Waals surface area contributed by atoms with E-state index in [1.54, 1.807) is 7.11 Å². The first-order valence-electron chi connectivity index (χ1n) is 8.07. The molecule has 0 saturated carbocycles. The predicted octanol–water partition coefficient (Wildman–Crippen LogP) is 4.52. The molecule has 0 aromatic heterocycles. The quantitative estimate of drug-likeness (QED) is 0.324. The topological polar surface area (TPSA) is 12.5 Å². The van der Waals surface area contributed by atoms with Gasteiger partial charge in [-0.3, -0.25) is 4.90 Å². The van der Waals surface area contributed by atoms with E-state index in [9.17, 15) is 0 Å². The minimum absolute atomic E-state index is 0.459. The molecular formula is C19H28BrNO. The summed E-state index contributed by atoms with van der Waals surface area (Å²) in [5, 5.41) is 1.11. The van der Waals surface area contributed by atoms with Gasteiger partial charge in [-0.1, -0.05) is 46.8 Å². The van der Waals surface area contributed by atoms with Crippen molar-refractivity contribution in [1.82, 2.24) is 4.90 Å². The number of unbranched alkanes of at least 4 members (excludes halogenated alkanes) is 3. The summed E-state index contributed by atoms with van der Waals surface area (Å²) in [7, 11) is 1.70. The highest BCUT2D eigenvalue weighted by Crippen LogP contribution is 2.15. The predicted molar refractivity (Wildman–Crippen MR) is 98.8 cm³/mol. The number of methoxy groups -OCH3 is 1. The van der Waals surface area contributed by atoms with Gasteiger partial charge in [0, 0.05) is 11.4 Å². The lowest BCUT2D eigenvalue weighted by atomic mass is 10.0. The molecule has 122 valence electrons. The van der Waals surface area contributed by atoms with E-state index < -0.39 is 0 Å². The molecule has 0 heterocycles. The highest BCUT2D eigenvalue weighted by Gasteiger charge is 2.13. The summed E-state index contributed by atoms with van der Waals surface area (Å²) in [5.74, 6) is 3.71. The average molecular weight is 366 g/mol. The first-order chi connectivity index (χ1) is 10.7. The fourth-order valence-electron chi connectivity index (χ4n) is 2.57. The van der Waals surface area contributed by atoms with Crippen molar-refractivity contribution in [3.05, 3.63) is 29.8 Å². The number of benzene rings is 1. The van der Waals surface area contributed by atoms with E-state index in [1.807, 2.05) is 12.1 Å². The lowest BCUT2D eigenvalue weighted by Crippen LogP contribution is -2.35. The Morgan fingerprint density at radius 1 is 1.18 bits per heavy atom. The molecule has 22 heavy (non-hydrogen) atoms. The van der Waals surface area contributed by atoms with Crippen molar-refractivity contribution in [2.24, 2.45) is 0 Å². The molecule has 0 aliphatic heterocycles. The maximum Gasteiger partial charge on any atom is 0.118 e. The van der Waals surface area contributed by atoms with Gasteiger partial charge in [0.15, 0.2) is 0 Å². The van der Waals surface area contributed by atoms with Gasteiger partial charge in [0.2, 0.25) is 0 Å². The zero-order chi connectivity index (χ0) is 16.2. The van der Waals surface area contributed by atoms with Gasteiger partial charge in [0.25, 0.3) is 0 Å². The Morgan fingerprint density at radius 2 is 1.86 bits per heavy atom. The Hall–Kier alpha value is -0.980. The number of terminal acetylenes is 1. The molecule has 0 aliphatic carbocycles. The SMILES string of the molecule is C#CCN(CCCCCCBr)[C@H](C)Cc1ccc(OC)cc1. The minimum Gasteiger partial charge on any atom is -0.497 e. The number of nitrogens with zero attached hydrogens (tertiary/aromatic N) is 1. The standard InChI is InChI=1S/C19H28BrNO/c1-4-14-21(15-8-6-5-7-13-20)17(2)16-18-9-11-19(22-3)12-10-18/h1,9-12,17H,5-8,13-16H2,2-3H3/t17-/m1/s1. The van der Waals surface area contributed by atoms with Gasteiger partial charge in [0.05, 0.1) is 13.7 Å². The van der Waals surface area contributed by atoms with Crippen molar-refractivity contribution < 1.29 is 4.74 Å². The maximum atomic E-state index is 5.54. The van der Waals surface area contributed by atoms with Crippen LogP contribution in [0, 0.1) is 12.3 Å². The molecule has 0 N–H and O–H groups in total. The fraction of sp³-hybridized carbons (Fsp3) is 0.579. The number of hydrogen-bond acceptors (Lipinski definition) is 2. The zero-order valence-electron chi connectivity index (χ0n) is 13.9. The number of alkyl halides is 1. The third-order valence-electron chi connectivity index (χ3n) is 3.94. The molecule has 3 heteroatoms. The summed E-state index contributed by atoms with van der Waals surface area (Å²) in [4.78, 5) is 2.42. The van der Waals surface area contributed by atoms with Crippen LogP contribution in [0.5, 0.6) is 5.75 Å². The number of halogens is 1. The summed E-state index contributed by atoms with van der Waals surface area (Å²) in [6, 6.07) is 8.78. The van der Waals surface area contributed by atoms with Gasteiger partial charge in [-0.05, 0) is 50.4 Å². The van der Waals surface area contributed by atoms with Crippen molar-refractivity contribution in [2.75, 3.05) is 25.5 Å². The van der Waals surface area contributed by atoms with Gasteiger partial charge < -0.3 is 4.74 Å². The summed E-state index contributed by atoms with van der Waals surface area (Å²) in [5.41, 5.74) is 1.33. The zero-order valence-corrected chi connectivity index (χ0v) is 15.4. The summed E-state index contributed by atoms with van der Waals surface area (Å²) in [6.45, 7) is 4.08. The van der Waals surface area contributed by atoms with Crippen LogP contribution in [0.15, 0.2) is 24.3 Å².